The molecule has 4 atom stereocenters. The number of hydrogen-bond acceptors (Lipinski definition) is 8. The van der Waals surface area contributed by atoms with Crippen LogP contribution >= 0.6 is 11.8 Å². The lowest BCUT2D eigenvalue weighted by molar-refractivity contribution is -0.174. The minimum atomic E-state index is -1.21. The van der Waals surface area contributed by atoms with Crippen molar-refractivity contribution < 1.29 is 33.8 Å². The number of carbonyl (C=O) groups is 4. The summed E-state index contributed by atoms with van der Waals surface area (Å²) in [5, 5.41) is 8.45. The Hall–Kier alpha value is -1.71. The normalized spacial score (nSPS) is 27.3. The molecule has 1 N–H and O–H groups in total. The second-order valence-electron chi connectivity index (χ2n) is 5.50. The van der Waals surface area contributed by atoms with E-state index >= 15 is 0 Å². The summed E-state index contributed by atoms with van der Waals surface area (Å²) in [6, 6.07) is 0. The van der Waals surface area contributed by atoms with Crippen molar-refractivity contribution in [1.82, 2.24) is 4.90 Å². The molecule has 2 rings (SSSR count). The Labute approximate surface area is 143 Å². The summed E-state index contributed by atoms with van der Waals surface area (Å²) >= 11 is 0.734. The summed E-state index contributed by atoms with van der Waals surface area (Å²) in [7, 11) is 0. The summed E-state index contributed by atoms with van der Waals surface area (Å²) in [5.41, 5.74) is 0. The van der Waals surface area contributed by atoms with E-state index in [2.05, 4.69) is 11.3 Å². The molecule has 0 aromatic carbocycles. The number of aliphatic hydroxyl groups is 1. The van der Waals surface area contributed by atoms with Crippen molar-refractivity contribution in [2.45, 2.75) is 37.3 Å². The summed E-state index contributed by atoms with van der Waals surface area (Å²) < 4.78 is 9.90. The lowest BCUT2D eigenvalue weighted by Gasteiger charge is -2.45. The van der Waals surface area contributed by atoms with Crippen molar-refractivity contribution in [1.29, 1.82) is 0 Å². The Kier molecular flexibility index (Phi) is 6.14. The number of esters is 1. The van der Waals surface area contributed by atoms with Crippen LogP contribution in [0.15, 0.2) is 12.7 Å². The number of likely N-dealkylation sites (tertiary alicyclic amines) is 1. The third kappa shape index (κ3) is 3.68. The molecule has 0 bridgehead atoms. The van der Waals surface area contributed by atoms with Crippen LogP contribution in [0.1, 0.15) is 19.8 Å². The molecule has 24 heavy (non-hydrogen) atoms. The largest absolute Gasteiger partial charge is 0.454 e. The molecule has 0 saturated carbocycles. The first kappa shape index (κ1) is 18.6. The first-order valence-corrected chi connectivity index (χ1v) is 8.41. The molecular formula is C15H19NO7S. The third-order valence-corrected chi connectivity index (χ3v) is 5.00. The molecule has 132 valence electrons. The van der Waals surface area contributed by atoms with Crippen molar-refractivity contribution in [3.63, 3.8) is 0 Å². The van der Waals surface area contributed by atoms with Gasteiger partial charge in [0.25, 0.3) is 0 Å². The van der Waals surface area contributed by atoms with Gasteiger partial charge < -0.3 is 14.6 Å². The molecule has 2 heterocycles. The zero-order chi connectivity index (χ0) is 17.9. The number of thioether (sulfide) groups is 1. The van der Waals surface area contributed by atoms with Crippen LogP contribution in [0.3, 0.4) is 0 Å². The summed E-state index contributed by atoms with van der Waals surface area (Å²) in [4.78, 5) is 48.7. The van der Waals surface area contributed by atoms with Gasteiger partial charge in [0.05, 0.1) is 12.0 Å². The molecule has 0 aromatic rings. The monoisotopic (exact) mass is 357 g/mol. The topological polar surface area (TPSA) is 110 Å². The molecule has 2 aliphatic rings. The Morgan fingerprint density at radius 2 is 2.25 bits per heavy atom. The van der Waals surface area contributed by atoms with E-state index in [1.807, 2.05) is 0 Å². The van der Waals surface area contributed by atoms with Crippen molar-refractivity contribution >= 4 is 34.7 Å². The molecule has 0 aromatic heterocycles. The number of β-lactam (4-membered cyclic amide) rings is 1. The van der Waals surface area contributed by atoms with E-state index in [0.29, 0.717) is 17.9 Å². The number of amides is 2. The molecule has 2 saturated heterocycles. The molecule has 3 unspecified atom stereocenters. The van der Waals surface area contributed by atoms with Gasteiger partial charge in [-0.25, -0.2) is 4.79 Å². The average Bonchev–Trinajstić information content (AvgIpc) is 3.05. The number of nitrogens with zero attached hydrogens (tertiary/aromatic N) is 1. The SMILES string of the molecule is C=CCOC(=O)C(=O)N1C(=O)C([C@H](C)O)C1SC(=O)C1CCCO1. The maximum atomic E-state index is 12.2. The molecule has 0 spiro atoms. The Bertz CT molecular complexity index is 556. The number of carbonyl (C=O) groups excluding carboxylic acids is 4. The maximum Gasteiger partial charge on any atom is 0.397 e. The highest BCUT2D eigenvalue weighted by molar-refractivity contribution is 8.14. The van der Waals surface area contributed by atoms with E-state index in [0.717, 1.165) is 18.2 Å². The van der Waals surface area contributed by atoms with Crippen LogP contribution in [-0.2, 0) is 28.7 Å². The van der Waals surface area contributed by atoms with Crippen LogP contribution in [-0.4, -0.2) is 63.7 Å². The van der Waals surface area contributed by atoms with Gasteiger partial charge in [0.15, 0.2) is 0 Å². The molecule has 2 amide bonds. The van der Waals surface area contributed by atoms with E-state index in [-0.39, 0.29) is 11.7 Å². The highest BCUT2D eigenvalue weighted by Gasteiger charge is 2.56. The Morgan fingerprint density at radius 1 is 1.54 bits per heavy atom. The quantitative estimate of drug-likeness (QED) is 0.313. The van der Waals surface area contributed by atoms with E-state index in [1.165, 1.54) is 13.0 Å². The molecule has 2 aliphatic heterocycles. The van der Waals surface area contributed by atoms with E-state index < -0.39 is 41.3 Å². The van der Waals surface area contributed by atoms with Gasteiger partial charge in [-0.1, -0.05) is 24.4 Å². The first-order chi connectivity index (χ1) is 11.4. The standard InChI is InChI=1S/C15H19NO7S/c1-3-6-23-14(20)12(19)16-11(18)10(8(2)17)13(16)24-15(21)9-5-4-7-22-9/h3,8-10,13,17H,1,4-7H2,2H3/t8-,9?,10?,13?/m0/s1. The van der Waals surface area contributed by atoms with Crippen LogP contribution in [0.2, 0.25) is 0 Å². The Balaban J connectivity index is 2.08. The third-order valence-electron chi connectivity index (χ3n) is 3.76. The van der Waals surface area contributed by atoms with Gasteiger partial charge in [0.2, 0.25) is 11.0 Å². The number of rotatable bonds is 5. The zero-order valence-electron chi connectivity index (χ0n) is 13.2. The van der Waals surface area contributed by atoms with Gasteiger partial charge in [-0.3, -0.25) is 19.3 Å². The smallest absolute Gasteiger partial charge is 0.397 e. The predicted molar refractivity (Wildman–Crippen MR) is 83.5 cm³/mol. The van der Waals surface area contributed by atoms with Crippen LogP contribution in [0.5, 0.6) is 0 Å². The van der Waals surface area contributed by atoms with Crippen LogP contribution < -0.4 is 0 Å². The first-order valence-electron chi connectivity index (χ1n) is 7.53. The van der Waals surface area contributed by atoms with Gasteiger partial charge in [0, 0.05) is 6.61 Å². The lowest BCUT2D eigenvalue weighted by atomic mass is 9.92. The molecule has 2 fully saturated rings. The molecule has 0 radical (unpaired) electrons. The number of ether oxygens (including phenoxy) is 2. The van der Waals surface area contributed by atoms with Crippen molar-refractivity contribution in [3.8, 4) is 0 Å². The summed E-state index contributed by atoms with van der Waals surface area (Å²) in [6.07, 6.45) is 0.970. The van der Waals surface area contributed by atoms with Crippen molar-refractivity contribution in [2.75, 3.05) is 13.2 Å². The summed E-state index contributed by atoms with van der Waals surface area (Å²) in [5.74, 6) is -4.00. The van der Waals surface area contributed by atoms with Gasteiger partial charge in [-0.2, -0.15) is 0 Å². The highest BCUT2D eigenvalue weighted by Crippen LogP contribution is 2.39. The van der Waals surface area contributed by atoms with Crippen molar-refractivity contribution in [3.05, 3.63) is 12.7 Å². The number of hydrogen-bond donors (Lipinski definition) is 1. The second-order valence-corrected chi connectivity index (χ2v) is 6.62. The number of aliphatic hydroxyl groups excluding tert-OH is 1. The fraction of sp³-hybridized carbons (Fsp3) is 0.600. The molecule has 0 aliphatic carbocycles. The minimum absolute atomic E-state index is 0.168. The van der Waals surface area contributed by atoms with Gasteiger partial charge in [0.1, 0.15) is 18.1 Å². The molecule has 9 heteroatoms. The van der Waals surface area contributed by atoms with Gasteiger partial charge in [-0.15, -0.1) is 0 Å². The molecular weight excluding hydrogens is 338 g/mol. The predicted octanol–water partition coefficient (Wildman–Crippen LogP) is -0.154. The fourth-order valence-electron chi connectivity index (χ4n) is 2.53. The summed E-state index contributed by atoms with van der Waals surface area (Å²) in [6.45, 7) is 5.06. The second kappa shape index (κ2) is 7.91. The van der Waals surface area contributed by atoms with E-state index in [9.17, 15) is 24.3 Å². The minimum Gasteiger partial charge on any atom is -0.454 e. The van der Waals surface area contributed by atoms with Crippen molar-refractivity contribution in [2.24, 2.45) is 5.92 Å². The highest BCUT2D eigenvalue weighted by atomic mass is 32.2. The van der Waals surface area contributed by atoms with Crippen LogP contribution in [0.4, 0.5) is 0 Å². The van der Waals surface area contributed by atoms with Gasteiger partial charge in [-0.05, 0) is 19.8 Å². The van der Waals surface area contributed by atoms with Gasteiger partial charge >= 0.3 is 11.9 Å². The maximum absolute atomic E-state index is 12.2. The number of imide groups is 1. The Morgan fingerprint density at radius 3 is 2.79 bits per heavy atom. The van der Waals surface area contributed by atoms with Crippen LogP contribution in [0.25, 0.3) is 0 Å². The zero-order valence-corrected chi connectivity index (χ0v) is 14.0. The van der Waals surface area contributed by atoms with E-state index in [4.69, 9.17) is 4.74 Å². The average molecular weight is 357 g/mol. The van der Waals surface area contributed by atoms with Crippen LogP contribution in [0, 0.1) is 5.92 Å². The molecule has 8 nitrogen and oxygen atoms in total. The lowest BCUT2D eigenvalue weighted by Crippen LogP contribution is -2.66. The fourth-order valence-corrected chi connectivity index (χ4v) is 3.90. The van der Waals surface area contributed by atoms with E-state index in [1.54, 1.807) is 0 Å².